The van der Waals surface area contributed by atoms with Crippen LogP contribution in [0.4, 0.5) is 0 Å². The van der Waals surface area contributed by atoms with Gasteiger partial charge in [-0.15, -0.1) is 0 Å². The van der Waals surface area contributed by atoms with Crippen molar-refractivity contribution in [2.75, 3.05) is 0 Å². The fourth-order valence-electron chi connectivity index (χ4n) is 4.55. The second-order valence-electron chi connectivity index (χ2n) is 7.10. The lowest BCUT2D eigenvalue weighted by molar-refractivity contribution is 0.562. The minimum Gasteiger partial charge on any atom is -0.0645 e. The molecule has 1 aliphatic rings. The quantitative estimate of drug-likeness (QED) is 0.508. The minimum atomic E-state index is 0.479. The van der Waals surface area contributed by atoms with Crippen molar-refractivity contribution in [2.45, 2.75) is 39.0 Å². The van der Waals surface area contributed by atoms with Crippen molar-refractivity contribution in [3.63, 3.8) is 0 Å². The van der Waals surface area contributed by atoms with Gasteiger partial charge >= 0.3 is 0 Å². The van der Waals surface area contributed by atoms with E-state index in [1.165, 1.54) is 33.0 Å². The van der Waals surface area contributed by atoms with Crippen molar-refractivity contribution in [3.8, 4) is 0 Å². The normalized spacial score (nSPS) is 19.7. The van der Waals surface area contributed by atoms with Gasteiger partial charge in [0.25, 0.3) is 0 Å². The molecule has 0 radical (unpaired) electrons. The molecule has 116 valence electrons. The molecule has 0 amide bonds. The highest BCUT2D eigenvalue weighted by Gasteiger charge is 2.30. The summed E-state index contributed by atoms with van der Waals surface area (Å²) in [5, 5.41) is 2.88. The van der Waals surface area contributed by atoms with Gasteiger partial charge < -0.3 is 0 Å². The average Bonchev–Trinajstić information content (AvgIpc) is 2.68. The standard InChI is InChI=1S/C23H24/c1-4-17-18-11-5-6-12-20(18)22(15(2)3)21-14-8-10-16-9-7-13-19(17)23(16)21/h5-15,17,22H,4H2,1-3H3. The molecule has 2 atom stereocenters. The monoisotopic (exact) mass is 300 g/mol. The summed E-state index contributed by atoms with van der Waals surface area (Å²) in [5.41, 5.74) is 6.07. The van der Waals surface area contributed by atoms with Crippen molar-refractivity contribution < 1.29 is 0 Å². The van der Waals surface area contributed by atoms with Crippen molar-refractivity contribution in [1.29, 1.82) is 0 Å². The van der Waals surface area contributed by atoms with E-state index in [1.54, 1.807) is 0 Å². The topological polar surface area (TPSA) is 0 Å². The van der Waals surface area contributed by atoms with Gasteiger partial charge in [-0.3, -0.25) is 0 Å². The number of fused-ring (bicyclic) bond motifs is 1. The van der Waals surface area contributed by atoms with Gasteiger partial charge in [-0.25, -0.2) is 0 Å². The Balaban J connectivity index is 2.17. The molecule has 0 heteroatoms. The molecule has 23 heavy (non-hydrogen) atoms. The molecule has 3 aromatic carbocycles. The second-order valence-corrected chi connectivity index (χ2v) is 7.10. The smallest absolute Gasteiger partial charge is 0.0122 e. The Morgan fingerprint density at radius 1 is 0.739 bits per heavy atom. The lowest BCUT2D eigenvalue weighted by Crippen LogP contribution is -2.10. The Bertz CT molecular complexity index is 852. The maximum atomic E-state index is 2.36. The van der Waals surface area contributed by atoms with Gasteiger partial charge in [-0.1, -0.05) is 81.4 Å². The third-order valence-electron chi connectivity index (χ3n) is 5.46. The molecule has 0 saturated carbocycles. The van der Waals surface area contributed by atoms with Gasteiger partial charge in [0.15, 0.2) is 0 Å². The second kappa shape index (κ2) is 5.53. The van der Waals surface area contributed by atoms with Gasteiger partial charge in [-0.2, -0.15) is 0 Å². The zero-order valence-corrected chi connectivity index (χ0v) is 14.2. The maximum Gasteiger partial charge on any atom is 0.0122 e. The third-order valence-corrected chi connectivity index (χ3v) is 5.46. The number of hydrogen-bond acceptors (Lipinski definition) is 0. The summed E-state index contributed by atoms with van der Waals surface area (Å²) in [5.74, 6) is 1.57. The fraction of sp³-hybridized carbons (Fsp3) is 0.304. The first-order valence-electron chi connectivity index (χ1n) is 8.82. The van der Waals surface area contributed by atoms with Crippen LogP contribution in [0, 0.1) is 5.92 Å². The van der Waals surface area contributed by atoms with Crippen LogP contribution in [0.3, 0.4) is 0 Å². The lowest BCUT2D eigenvalue weighted by atomic mass is 9.79. The Morgan fingerprint density at radius 3 is 2.00 bits per heavy atom. The number of rotatable bonds is 2. The van der Waals surface area contributed by atoms with E-state index in [-0.39, 0.29) is 0 Å². The molecule has 0 bridgehead atoms. The summed E-state index contributed by atoms with van der Waals surface area (Å²) in [6.45, 7) is 7.03. The average molecular weight is 300 g/mol. The first-order valence-corrected chi connectivity index (χ1v) is 8.82. The van der Waals surface area contributed by atoms with Gasteiger partial charge in [0, 0.05) is 11.8 Å². The van der Waals surface area contributed by atoms with E-state index in [4.69, 9.17) is 0 Å². The highest BCUT2D eigenvalue weighted by Crippen LogP contribution is 2.47. The van der Waals surface area contributed by atoms with E-state index in [2.05, 4.69) is 81.4 Å². The first-order chi connectivity index (χ1) is 11.2. The predicted octanol–water partition coefficient (Wildman–Crippen LogP) is 6.48. The summed E-state index contributed by atoms with van der Waals surface area (Å²) in [6.07, 6.45) is 1.15. The Labute approximate surface area is 139 Å². The summed E-state index contributed by atoms with van der Waals surface area (Å²) in [6, 6.07) is 22.8. The van der Waals surface area contributed by atoms with E-state index in [9.17, 15) is 0 Å². The Kier molecular flexibility index (Phi) is 3.49. The lowest BCUT2D eigenvalue weighted by Gasteiger charge is -2.24. The molecule has 0 spiro atoms. The third kappa shape index (κ3) is 2.12. The van der Waals surface area contributed by atoms with Gasteiger partial charge in [0.1, 0.15) is 0 Å². The van der Waals surface area contributed by atoms with Crippen LogP contribution < -0.4 is 0 Å². The van der Waals surface area contributed by atoms with E-state index < -0.39 is 0 Å². The molecule has 0 saturated heterocycles. The molecule has 4 rings (SSSR count). The molecule has 1 aliphatic carbocycles. The van der Waals surface area contributed by atoms with E-state index in [1.807, 2.05) is 0 Å². The van der Waals surface area contributed by atoms with Crippen LogP contribution in [0.2, 0.25) is 0 Å². The van der Waals surface area contributed by atoms with Crippen LogP contribution in [-0.4, -0.2) is 0 Å². The summed E-state index contributed by atoms with van der Waals surface area (Å²) in [7, 11) is 0. The molecule has 0 aromatic heterocycles. The highest BCUT2D eigenvalue weighted by atomic mass is 14.3. The Morgan fingerprint density at radius 2 is 1.35 bits per heavy atom. The minimum absolute atomic E-state index is 0.479. The molecule has 0 fully saturated rings. The van der Waals surface area contributed by atoms with Crippen LogP contribution in [0.25, 0.3) is 10.8 Å². The van der Waals surface area contributed by atoms with Crippen molar-refractivity contribution >= 4 is 10.8 Å². The molecule has 0 nitrogen and oxygen atoms in total. The van der Waals surface area contributed by atoms with Crippen LogP contribution >= 0.6 is 0 Å². The summed E-state index contributed by atoms with van der Waals surface area (Å²) >= 11 is 0. The van der Waals surface area contributed by atoms with Crippen molar-refractivity contribution in [3.05, 3.63) is 82.9 Å². The van der Waals surface area contributed by atoms with Crippen LogP contribution in [0.15, 0.2) is 60.7 Å². The zero-order chi connectivity index (χ0) is 16.0. The SMILES string of the molecule is CCC1c2ccccc2C(C(C)C)c2cccc3cccc1c23. The molecular weight excluding hydrogens is 276 g/mol. The largest absolute Gasteiger partial charge is 0.0645 e. The van der Waals surface area contributed by atoms with Crippen LogP contribution in [0.1, 0.15) is 61.3 Å². The molecule has 3 aromatic rings. The van der Waals surface area contributed by atoms with E-state index >= 15 is 0 Å². The van der Waals surface area contributed by atoms with E-state index in [0.29, 0.717) is 17.8 Å². The molecular formula is C23H24. The molecule has 0 N–H and O–H groups in total. The summed E-state index contributed by atoms with van der Waals surface area (Å²) < 4.78 is 0. The van der Waals surface area contributed by atoms with Crippen LogP contribution in [0.5, 0.6) is 0 Å². The molecule has 2 unspecified atom stereocenters. The van der Waals surface area contributed by atoms with Crippen molar-refractivity contribution in [1.82, 2.24) is 0 Å². The maximum absolute atomic E-state index is 2.36. The predicted molar refractivity (Wildman–Crippen MR) is 99.2 cm³/mol. The molecule has 0 aliphatic heterocycles. The Hall–Kier alpha value is -2.08. The van der Waals surface area contributed by atoms with Crippen LogP contribution in [-0.2, 0) is 0 Å². The fourth-order valence-corrected chi connectivity index (χ4v) is 4.55. The number of hydrogen-bond donors (Lipinski definition) is 0. The van der Waals surface area contributed by atoms with Gasteiger partial charge in [-0.05, 0) is 45.4 Å². The van der Waals surface area contributed by atoms with Gasteiger partial charge in [0.05, 0.1) is 0 Å². The molecule has 0 heterocycles. The first kappa shape index (κ1) is 14.5. The zero-order valence-electron chi connectivity index (χ0n) is 14.2. The number of benzene rings is 3. The van der Waals surface area contributed by atoms with Gasteiger partial charge in [0.2, 0.25) is 0 Å². The van der Waals surface area contributed by atoms with Crippen molar-refractivity contribution in [2.24, 2.45) is 5.92 Å². The summed E-state index contributed by atoms with van der Waals surface area (Å²) in [4.78, 5) is 0. The highest BCUT2D eigenvalue weighted by molar-refractivity contribution is 5.91. The van der Waals surface area contributed by atoms with E-state index in [0.717, 1.165) is 6.42 Å².